The zero-order chi connectivity index (χ0) is 13.9. The van der Waals surface area contributed by atoms with Crippen LogP contribution >= 0.6 is 0 Å². The maximum Gasteiger partial charge on any atom is 0.230 e. The van der Waals surface area contributed by atoms with E-state index in [1.165, 1.54) is 0 Å². The first-order valence-corrected chi connectivity index (χ1v) is 6.76. The minimum atomic E-state index is -0.0534. The minimum absolute atomic E-state index is 0.000679. The molecular weight excluding hydrogens is 254 g/mol. The molecule has 1 aromatic heterocycles. The predicted molar refractivity (Wildman–Crippen MR) is 76.2 cm³/mol. The summed E-state index contributed by atoms with van der Waals surface area (Å²) in [7, 11) is 0. The number of ether oxygens (including phenoxy) is 1. The molecule has 2 atom stereocenters. The van der Waals surface area contributed by atoms with Crippen molar-refractivity contribution in [1.82, 2.24) is 10.2 Å². The van der Waals surface area contributed by atoms with Crippen LogP contribution in [-0.2, 0) is 9.53 Å². The number of nitrogens with one attached hydrogen (secondary N) is 2. The molecule has 1 aromatic carbocycles. The fourth-order valence-electron chi connectivity index (χ4n) is 2.46. The van der Waals surface area contributed by atoms with Crippen LogP contribution in [0.25, 0.3) is 11.3 Å². The van der Waals surface area contributed by atoms with Crippen LogP contribution in [0.1, 0.15) is 13.3 Å². The molecule has 0 bridgehead atoms. The second-order valence-electron chi connectivity index (χ2n) is 5.01. The van der Waals surface area contributed by atoms with Crippen LogP contribution in [0.2, 0.25) is 0 Å². The van der Waals surface area contributed by atoms with Gasteiger partial charge in [-0.25, -0.2) is 0 Å². The van der Waals surface area contributed by atoms with E-state index in [9.17, 15) is 4.79 Å². The summed E-state index contributed by atoms with van der Waals surface area (Å²) in [6.45, 7) is 2.61. The van der Waals surface area contributed by atoms with Crippen LogP contribution in [0.3, 0.4) is 0 Å². The van der Waals surface area contributed by atoms with Gasteiger partial charge in [-0.05, 0) is 37.1 Å². The van der Waals surface area contributed by atoms with E-state index in [0.717, 1.165) is 23.4 Å². The Morgan fingerprint density at radius 2 is 2.15 bits per heavy atom. The molecule has 2 aromatic rings. The third-order valence-corrected chi connectivity index (χ3v) is 3.68. The van der Waals surface area contributed by atoms with Gasteiger partial charge in [-0.2, -0.15) is 5.10 Å². The average molecular weight is 271 g/mol. The first-order valence-electron chi connectivity index (χ1n) is 6.76. The number of hydrogen-bond acceptors (Lipinski definition) is 3. The van der Waals surface area contributed by atoms with Crippen molar-refractivity contribution in [1.29, 1.82) is 0 Å². The maximum atomic E-state index is 12.1. The lowest BCUT2D eigenvalue weighted by molar-refractivity contribution is -0.121. The second kappa shape index (κ2) is 5.46. The van der Waals surface area contributed by atoms with Crippen LogP contribution < -0.4 is 5.32 Å². The molecule has 0 radical (unpaired) electrons. The van der Waals surface area contributed by atoms with Gasteiger partial charge < -0.3 is 10.1 Å². The van der Waals surface area contributed by atoms with Crippen LogP contribution in [0, 0.1) is 5.92 Å². The van der Waals surface area contributed by atoms with Crippen molar-refractivity contribution >= 4 is 11.6 Å². The number of hydrogen-bond donors (Lipinski definition) is 2. The van der Waals surface area contributed by atoms with Gasteiger partial charge in [0, 0.05) is 18.5 Å². The molecule has 104 valence electrons. The molecule has 1 amide bonds. The number of aromatic amines is 1. The molecule has 2 N–H and O–H groups in total. The normalized spacial score (nSPS) is 21.9. The molecule has 5 nitrogen and oxygen atoms in total. The fraction of sp³-hybridized carbons (Fsp3) is 0.333. The van der Waals surface area contributed by atoms with Gasteiger partial charge in [-0.1, -0.05) is 12.1 Å². The Labute approximate surface area is 117 Å². The summed E-state index contributed by atoms with van der Waals surface area (Å²) in [5.41, 5.74) is 2.80. The summed E-state index contributed by atoms with van der Waals surface area (Å²) in [5.74, 6) is -0.0217. The number of rotatable bonds is 3. The topological polar surface area (TPSA) is 67.0 Å². The highest BCUT2D eigenvalue weighted by molar-refractivity contribution is 5.93. The van der Waals surface area contributed by atoms with E-state index in [4.69, 9.17) is 4.74 Å². The zero-order valence-electron chi connectivity index (χ0n) is 11.3. The SMILES string of the molecule is CC1OCCC1C(=O)Nc1ccc(-c2ccn[nH]2)cc1. The van der Waals surface area contributed by atoms with E-state index in [0.29, 0.717) is 6.61 Å². The molecule has 1 aliphatic heterocycles. The molecule has 1 fully saturated rings. The van der Waals surface area contributed by atoms with Crippen molar-refractivity contribution in [3.8, 4) is 11.3 Å². The molecule has 3 rings (SSSR count). The van der Waals surface area contributed by atoms with Crippen molar-refractivity contribution in [2.45, 2.75) is 19.4 Å². The molecular formula is C15H17N3O2. The highest BCUT2D eigenvalue weighted by Gasteiger charge is 2.30. The van der Waals surface area contributed by atoms with Gasteiger partial charge in [-0.3, -0.25) is 9.89 Å². The van der Waals surface area contributed by atoms with E-state index in [1.807, 2.05) is 37.3 Å². The predicted octanol–water partition coefficient (Wildman–Crippen LogP) is 2.44. The number of amides is 1. The summed E-state index contributed by atoms with van der Waals surface area (Å²) in [6.07, 6.45) is 2.51. The average Bonchev–Trinajstić information content (AvgIpc) is 3.10. The third kappa shape index (κ3) is 2.58. The fourth-order valence-corrected chi connectivity index (χ4v) is 2.46. The minimum Gasteiger partial charge on any atom is -0.378 e. The molecule has 0 saturated carbocycles. The number of anilines is 1. The Hall–Kier alpha value is -2.14. The third-order valence-electron chi connectivity index (χ3n) is 3.68. The number of carbonyl (C=O) groups is 1. The van der Waals surface area contributed by atoms with Gasteiger partial charge in [-0.15, -0.1) is 0 Å². The smallest absolute Gasteiger partial charge is 0.230 e. The molecule has 2 heterocycles. The van der Waals surface area contributed by atoms with E-state index in [2.05, 4.69) is 15.5 Å². The maximum absolute atomic E-state index is 12.1. The molecule has 5 heteroatoms. The van der Waals surface area contributed by atoms with Crippen molar-refractivity contribution in [2.75, 3.05) is 11.9 Å². The number of nitrogens with zero attached hydrogens (tertiary/aromatic N) is 1. The number of benzene rings is 1. The van der Waals surface area contributed by atoms with Crippen molar-refractivity contribution in [2.24, 2.45) is 5.92 Å². The van der Waals surface area contributed by atoms with Gasteiger partial charge in [0.15, 0.2) is 0 Å². The molecule has 20 heavy (non-hydrogen) atoms. The number of carbonyl (C=O) groups excluding carboxylic acids is 1. The van der Waals surface area contributed by atoms with Gasteiger partial charge in [0.2, 0.25) is 5.91 Å². The van der Waals surface area contributed by atoms with E-state index >= 15 is 0 Å². The zero-order valence-corrected chi connectivity index (χ0v) is 11.3. The Morgan fingerprint density at radius 3 is 2.75 bits per heavy atom. The van der Waals surface area contributed by atoms with Gasteiger partial charge in [0.1, 0.15) is 0 Å². The molecule has 0 spiro atoms. The van der Waals surface area contributed by atoms with Crippen LogP contribution in [0.4, 0.5) is 5.69 Å². The van der Waals surface area contributed by atoms with Crippen LogP contribution in [0.15, 0.2) is 36.5 Å². The van der Waals surface area contributed by atoms with Gasteiger partial charge in [0.05, 0.1) is 17.7 Å². The lowest BCUT2D eigenvalue weighted by Crippen LogP contribution is -2.27. The number of H-pyrrole nitrogens is 1. The number of aromatic nitrogens is 2. The van der Waals surface area contributed by atoms with Crippen LogP contribution in [-0.4, -0.2) is 28.8 Å². The summed E-state index contributed by atoms with van der Waals surface area (Å²) in [5, 5.41) is 9.77. The molecule has 2 unspecified atom stereocenters. The Kier molecular flexibility index (Phi) is 3.52. The first-order chi connectivity index (χ1) is 9.74. The second-order valence-corrected chi connectivity index (χ2v) is 5.01. The van der Waals surface area contributed by atoms with Gasteiger partial charge >= 0.3 is 0 Å². The molecule has 1 aliphatic rings. The molecule has 1 saturated heterocycles. The van der Waals surface area contributed by atoms with Crippen molar-refractivity contribution < 1.29 is 9.53 Å². The van der Waals surface area contributed by atoms with E-state index in [-0.39, 0.29) is 17.9 Å². The van der Waals surface area contributed by atoms with E-state index in [1.54, 1.807) is 6.20 Å². The van der Waals surface area contributed by atoms with E-state index < -0.39 is 0 Å². The monoisotopic (exact) mass is 271 g/mol. The summed E-state index contributed by atoms with van der Waals surface area (Å²) in [6, 6.07) is 9.61. The summed E-state index contributed by atoms with van der Waals surface area (Å²) in [4.78, 5) is 12.1. The summed E-state index contributed by atoms with van der Waals surface area (Å²) < 4.78 is 5.42. The Morgan fingerprint density at radius 1 is 1.35 bits per heavy atom. The van der Waals surface area contributed by atoms with Crippen molar-refractivity contribution in [3.05, 3.63) is 36.5 Å². The Balaban J connectivity index is 1.68. The lowest BCUT2D eigenvalue weighted by Gasteiger charge is -2.14. The quantitative estimate of drug-likeness (QED) is 0.901. The summed E-state index contributed by atoms with van der Waals surface area (Å²) >= 11 is 0. The van der Waals surface area contributed by atoms with Crippen molar-refractivity contribution in [3.63, 3.8) is 0 Å². The standard InChI is InChI=1S/C15H17N3O2/c1-10-13(7-9-20-10)15(19)17-12-4-2-11(3-5-12)14-6-8-16-18-14/h2-6,8,10,13H,7,9H2,1H3,(H,16,18)(H,17,19). The van der Waals surface area contributed by atoms with Gasteiger partial charge in [0.25, 0.3) is 0 Å². The largest absolute Gasteiger partial charge is 0.378 e. The highest BCUT2D eigenvalue weighted by atomic mass is 16.5. The Bertz CT molecular complexity index is 578. The van der Waals surface area contributed by atoms with Crippen LogP contribution in [0.5, 0.6) is 0 Å². The molecule has 0 aliphatic carbocycles. The highest BCUT2D eigenvalue weighted by Crippen LogP contribution is 2.23. The lowest BCUT2D eigenvalue weighted by atomic mass is 10.0. The first kappa shape index (κ1) is 12.9.